The smallest absolute Gasteiger partial charge is 0.275 e. The van der Waals surface area contributed by atoms with Gasteiger partial charge in [-0.1, -0.05) is 30.3 Å². The maximum Gasteiger partial charge on any atom is 0.275 e. The zero-order valence-corrected chi connectivity index (χ0v) is 14.6. The third-order valence-electron chi connectivity index (χ3n) is 3.67. The summed E-state index contributed by atoms with van der Waals surface area (Å²) in [6.07, 6.45) is 0.0268. The van der Waals surface area contributed by atoms with E-state index in [1.54, 1.807) is 6.92 Å². The molecule has 0 radical (unpaired) electrons. The second kappa shape index (κ2) is 8.66. The van der Waals surface area contributed by atoms with Gasteiger partial charge in [0.1, 0.15) is 11.5 Å². The molecule has 0 aliphatic rings. The molecule has 26 heavy (non-hydrogen) atoms. The highest BCUT2D eigenvalue weighted by molar-refractivity contribution is 6.01. The largest absolute Gasteiger partial charge is 0.508 e. The van der Waals surface area contributed by atoms with Crippen LogP contribution in [0.4, 0.5) is 0 Å². The SMILES string of the molecule is C/C(CC(=O)N[C@H](C)c1ccccc1)=N/NC(=O)c1ccc(O)cc1O. The monoisotopic (exact) mass is 355 g/mol. The van der Waals surface area contributed by atoms with E-state index in [0.29, 0.717) is 5.71 Å². The molecule has 0 saturated heterocycles. The van der Waals surface area contributed by atoms with Crippen LogP contribution in [0.2, 0.25) is 0 Å². The molecule has 7 nitrogen and oxygen atoms in total. The van der Waals surface area contributed by atoms with E-state index < -0.39 is 5.91 Å². The lowest BCUT2D eigenvalue weighted by Crippen LogP contribution is -2.28. The molecule has 4 N–H and O–H groups in total. The van der Waals surface area contributed by atoms with Gasteiger partial charge >= 0.3 is 0 Å². The second-order valence-electron chi connectivity index (χ2n) is 5.87. The van der Waals surface area contributed by atoms with Crippen molar-refractivity contribution in [2.45, 2.75) is 26.3 Å². The van der Waals surface area contributed by atoms with Crippen LogP contribution in [0.5, 0.6) is 11.5 Å². The number of rotatable bonds is 6. The number of amides is 2. The van der Waals surface area contributed by atoms with Crippen LogP contribution in [0.15, 0.2) is 53.6 Å². The average molecular weight is 355 g/mol. The molecular formula is C19H21N3O4. The Bertz CT molecular complexity index is 819. The minimum atomic E-state index is -0.639. The standard InChI is InChI=1S/C19H21N3O4/c1-12(10-18(25)20-13(2)14-6-4-3-5-7-14)21-22-19(26)16-9-8-15(23)11-17(16)24/h3-9,11,13,23-24H,10H2,1-2H3,(H,20,25)(H,22,26)/b21-12-/t13-/m1/s1. The summed E-state index contributed by atoms with van der Waals surface area (Å²) >= 11 is 0. The predicted molar refractivity (Wildman–Crippen MR) is 98.0 cm³/mol. The van der Waals surface area contributed by atoms with Gasteiger partial charge in [0, 0.05) is 11.8 Å². The number of hydrogen-bond donors (Lipinski definition) is 4. The van der Waals surface area contributed by atoms with Gasteiger partial charge in [-0.25, -0.2) is 5.43 Å². The molecule has 0 unspecified atom stereocenters. The van der Waals surface area contributed by atoms with Gasteiger partial charge < -0.3 is 15.5 Å². The summed E-state index contributed by atoms with van der Waals surface area (Å²) in [5.74, 6) is -1.36. The number of hydrazone groups is 1. The lowest BCUT2D eigenvalue weighted by molar-refractivity contribution is -0.120. The first-order chi connectivity index (χ1) is 12.4. The van der Waals surface area contributed by atoms with Crippen LogP contribution in [0, 0.1) is 0 Å². The molecule has 7 heteroatoms. The first kappa shape index (κ1) is 19.0. The maximum absolute atomic E-state index is 12.1. The van der Waals surface area contributed by atoms with Crippen LogP contribution in [0.3, 0.4) is 0 Å². The summed E-state index contributed by atoms with van der Waals surface area (Å²) in [4.78, 5) is 24.0. The van der Waals surface area contributed by atoms with Gasteiger partial charge in [-0.05, 0) is 31.5 Å². The van der Waals surface area contributed by atoms with Gasteiger partial charge in [0.2, 0.25) is 5.91 Å². The summed E-state index contributed by atoms with van der Waals surface area (Å²) in [7, 11) is 0. The van der Waals surface area contributed by atoms with E-state index >= 15 is 0 Å². The molecule has 2 aromatic carbocycles. The Morgan fingerprint density at radius 2 is 1.81 bits per heavy atom. The van der Waals surface area contributed by atoms with Gasteiger partial charge in [-0.15, -0.1) is 0 Å². The van der Waals surface area contributed by atoms with Crippen molar-refractivity contribution >= 4 is 17.5 Å². The number of carbonyl (C=O) groups is 2. The summed E-state index contributed by atoms with van der Waals surface area (Å²) in [5.41, 5.74) is 3.65. The van der Waals surface area contributed by atoms with Crippen LogP contribution in [-0.4, -0.2) is 27.7 Å². The number of phenols is 2. The normalized spacial score (nSPS) is 12.3. The van der Waals surface area contributed by atoms with Crippen molar-refractivity contribution in [3.8, 4) is 11.5 Å². The van der Waals surface area contributed by atoms with Crippen molar-refractivity contribution < 1.29 is 19.8 Å². The van der Waals surface area contributed by atoms with Gasteiger partial charge in [-0.2, -0.15) is 5.10 Å². The third-order valence-corrected chi connectivity index (χ3v) is 3.67. The van der Waals surface area contributed by atoms with E-state index in [9.17, 15) is 19.8 Å². The lowest BCUT2D eigenvalue weighted by atomic mass is 10.1. The molecule has 0 heterocycles. The lowest BCUT2D eigenvalue weighted by Gasteiger charge is -2.14. The number of benzene rings is 2. The molecule has 0 aromatic heterocycles. The van der Waals surface area contributed by atoms with E-state index in [1.807, 2.05) is 37.3 Å². The van der Waals surface area contributed by atoms with Crippen molar-refractivity contribution in [3.05, 3.63) is 59.7 Å². The summed E-state index contributed by atoms with van der Waals surface area (Å²) in [6.45, 7) is 3.50. The molecule has 0 bridgehead atoms. The van der Waals surface area contributed by atoms with Crippen molar-refractivity contribution in [2.24, 2.45) is 5.10 Å². The van der Waals surface area contributed by atoms with E-state index in [2.05, 4.69) is 15.8 Å². The number of phenolic OH excluding ortho intramolecular Hbond substituents is 2. The Kier molecular flexibility index (Phi) is 6.32. The topological polar surface area (TPSA) is 111 Å². The Hall–Kier alpha value is -3.35. The Morgan fingerprint density at radius 3 is 2.46 bits per heavy atom. The third kappa shape index (κ3) is 5.34. The Balaban J connectivity index is 1.89. The van der Waals surface area contributed by atoms with Gasteiger partial charge in [0.25, 0.3) is 5.91 Å². The first-order valence-corrected chi connectivity index (χ1v) is 8.06. The fourth-order valence-electron chi connectivity index (χ4n) is 2.31. The molecule has 0 aliphatic heterocycles. The van der Waals surface area contributed by atoms with Crippen molar-refractivity contribution in [2.75, 3.05) is 0 Å². The Labute approximate surface area is 151 Å². The quantitative estimate of drug-likeness (QED) is 0.471. The molecule has 2 rings (SSSR count). The summed E-state index contributed by atoms with van der Waals surface area (Å²) in [5, 5.41) is 25.6. The highest BCUT2D eigenvalue weighted by Crippen LogP contribution is 2.22. The summed E-state index contributed by atoms with van der Waals surface area (Å²) in [6, 6.07) is 13.0. The molecule has 0 fully saturated rings. The van der Waals surface area contributed by atoms with Crippen LogP contribution in [0.25, 0.3) is 0 Å². The predicted octanol–water partition coefficient (Wildman–Crippen LogP) is 2.47. The van der Waals surface area contributed by atoms with Crippen LogP contribution >= 0.6 is 0 Å². The minimum Gasteiger partial charge on any atom is -0.508 e. The molecule has 0 saturated carbocycles. The van der Waals surface area contributed by atoms with Crippen molar-refractivity contribution in [1.29, 1.82) is 0 Å². The first-order valence-electron chi connectivity index (χ1n) is 8.06. The fourth-order valence-corrected chi connectivity index (χ4v) is 2.31. The van der Waals surface area contributed by atoms with Crippen molar-refractivity contribution in [3.63, 3.8) is 0 Å². The van der Waals surface area contributed by atoms with Gasteiger partial charge in [0.05, 0.1) is 18.0 Å². The molecular weight excluding hydrogens is 334 g/mol. The fraction of sp³-hybridized carbons (Fsp3) is 0.211. The highest BCUT2D eigenvalue weighted by atomic mass is 16.3. The number of carbonyl (C=O) groups excluding carboxylic acids is 2. The van der Waals surface area contributed by atoms with E-state index in [0.717, 1.165) is 11.6 Å². The highest BCUT2D eigenvalue weighted by Gasteiger charge is 2.13. The van der Waals surface area contributed by atoms with Crippen LogP contribution in [-0.2, 0) is 4.79 Å². The number of aromatic hydroxyl groups is 2. The van der Waals surface area contributed by atoms with E-state index in [4.69, 9.17) is 0 Å². The molecule has 136 valence electrons. The van der Waals surface area contributed by atoms with E-state index in [1.165, 1.54) is 12.1 Å². The number of nitrogens with one attached hydrogen (secondary N) is 2. The van der Waals surface area contributed by atoms with Gasteiger partial charge in [0.15, 0.2) is 0 Å². The number of nitrogens with zero attached hydrogens (tertiary/aromatic N) is 1. The molecule has 0 spiro atoms. The molecule has 2 amide bonds. The number of hydrogen-bond acceptors (Lipinski definition) is 5. The maximum atomic E-state index is 12.1. The minimum absolute atomic E-state index is 0.0264. The van der Waals surface area contributed by atoms with E-state index in [-0.39, 0.29) is 35.4 Å². The average Bonchev–Trinajstić information content (AvgIpc) is 2.60. The Morgan fingerprint density at radius 1 is 1.12 bits per heavy atom. The van der Waals surface area contributed by atoms with Crippen LogP contribution in [0.1, 0.15) is 42.2 Å². The van der Waals surface area contributed by atoms with Gasteiger partial charge in [-0.3, -0.25) is 9.59 Å². The zero-order chi connectivity index (χ0) is 19.1. The van der Waals surface area contributed by atoms with Crippen molar-refractivity contribution in [1.82, 2.24) is 10.7 Å². The van der Waals surface area contributed by atoms with Crippen LogP contribution < -0.4 is 10.7 Å². The summed E-state index contributed by atoms with van der Waals surface area (Å²) < 4.78 is 0. The zero-order valence-electron chi connectivity index (χ0n) is 14.6. The molecule has 2 aromatic rings. The molecule has 1 atom stereocenters. The second-order valence-corrected chi connectivity index (χ2v) is 5.87. The molecule has 0 aliphatic carbocycles.